The fourth-order valence-electron chi connectivity index (χ4n) is 0.352. The van der Waals surface area contributed by atoms with E-state index in [-0.39, 0.29) is 5.78 Å². The molecule has 0 radical (unpaired) electrons. The normalized spacial score (nSPS) is 7.40. The molecule has 0 aliphatic heterocycles. The van der Waals surface area contributed by atoms with Gasteiger partial charge in [-0.05, 0) is 13.8 Å². The van der Waals surface area contributed by atoms with Gasteiger partial charge in [0.2, 0.25) is 0 Å². The Bertz CT molecular complexity index is 132. The number of allylic oxidation sites excluding steroid dienone is 2. The van der Waals surface area contributed by atoms with Gasteiger partial charge in [-0.25, -0.2) is 0 Å². The van der Waals surface area contributed by atoms with Gasteiger partial charge >= 0.3 is 0 Å². The summed E-state index contributed by atoms with van der Waals surface area (Å²) in [7, 11) is 0. The molecule has 0 atom stereocenters. The highest BCUT2D eigenvalue weighted by Gasteiger charge is 1.98. The van der Waals surface area contributed by atoms with Gasteiger partial charge in [-0.3, -0.25) is 4.79 Å². The molecule has 0 amide bonds. The predicted molar refractivity (Wildman–Crippen MR) is 46.3 cm³/mol. The molecule has 10 heavy (non-hydrogen) atoms. The lowest BCUT2D eigenvalue weighted by Gasteiger charge is -1.91. The first-order chi connectivity index (χ1) is 4.55. The number of ketones is 1. The Morgan fingerprint density at radius 2 is 1.40 bits per heavy atom. The average Bonchev–Trinajstić information content (AvgIpc) is 1.90. The predicted octanol–water partition coefficient (Wildman–Crippen LogP) is 3.13. The molecule has 0 aromatic rings. The van der Waals surface area contributed by atoms with Gasteiger partial charge in [-0.2, -0.15) is 0 Å². The van der Waals surface area contributed by atoms with E-state index in [2.05, 4.69) is 0 Å². The van der Waals surface area contributed by atoms with E-state index in [1.54, 1.807) is 0 Å². The van der Waals surface area contributed by atoms with Crippen molar-refractivity contribution in [3.63, 3.8) is 0 Å². The largest absolute Gasteiger partial charge is 0.294 e. The van der Waals surface area contributed by atoms with Crippen molar-refractivity contribution in [2.45, 2.75) is 34.6 Å². The van der Waals surface area contributed by atoms with Crippen LogP contribution in [0.5, 0.6) is 0 Å². The van der Waals surface area contributed by atoms with Gasteiger partial charge < -0.3 is 0 Å². The Morgan fingerprint density at radius 3 is 1.40 bits per heavy atom. The summed E-state index contributed by atoms with van der Waals surface area (Å²) in [6, 6.07) is 0. The van der Waals surface area contributed by atoms with Crippen LogP contribution in [-0.2, 0) is 4.79 Å². The molecule has 0 aliphatic carbocycles. The highest BCUT2D eigenvalue weighted by molar-refractivity contribution is 6.42. The first-order valence-electron chi connectivity index (χ1n) is 3.39. The lowest BCUT2D eigenvalue weighted by molar-refractivity contribution is -0.113. The second kappa shape index (κ2) is 6.81. The van der Waals surface area contributed by atoms with Crippen LogP contribution in [0.25, 0.3) is 0 Å². The van der Waals surface area contributed by atoms with E-state index < -0.39 is 0 Å². The van der Waals surface area contributed by atoms with E-state index in [0.717, 1.165) is 5.57 Å². The minimum absolute atomic E-state index is 0.0633. The molecule has 60 valence electrons. The van der Waals surface area contributed by atoms with Gasteiger partial charge in [0.05, 0.1) is 5.03 Å². The molecule has 0 bridgehead atoms. The van der Waals surface area contributed by atoms with Crippen molar-refractivity contribution in [3.05, 3.63) is 10.6 Å². The highest BCUT2D eigenvalue weighted by atomic mass is 35.5. The highest BCUT2D eigenvalue weighted by Crippen LogP contribution is 2.07. The summed E-state index contributed by atoms with van der Waals surface area (Å²) >= 11 is 5.48. The Morgan fingerprint density at radius 1 is 1.10 bits per heavy atom. The van der Waals surface area contributed by atoms with Crippen LogP contribution < -0.4 is 0 Å². The van der Waals surface area contributed by atoms with Gasteiger partial charge in [-0.15, -0.1) is 0 Å². The van der Waals surface area contributed by atoms with Crippen LogP contribution in [0.15, 0.2) is 10.6 Å². The quantitative estimate of drug-likeness (QED) is 0.542. The molecule has 1 nitrogen and oxygen atoms in total. The number of hydrogen-bond acceptors (Lipinski definition) is 1. The molecule has 0 rings (SSSR count). The van der Waals surface area contributed by atoms with E-state index >= 15 is 0 Å². The molecule has 0 unspecified atom stereocenters. The second-order valence-corrected chi connectivity index (χ2v) is 2.25. The number of rotatable bonds is 1. The van der Waals surface area contributed by atoms with Crippen molar-refractivity contribution >= 4 is 17.4 Å². The molecule has 0 saturated heterocycles. The van der Waals surface area contributed by atoms with E-state index in [1.165, 1.54) is 6.92 Å². The van der Waals surface area contributed by atoms with Crippen LogP contribution in [0.3, 0.4) is 0 Å². The third-order valence-electron chi connectivity index (χ3n) is 0.748. The van der Waals surface area contributed by atoms with Gasteiger partial charge in [0, 0.05) is 6.92 Å². The molecular formula is C8H15ClO. The van der Waals surface area contributed by atoms with Crippen LogP contribution in [0.4, 0.5) is 0 Å². The summed E-state index contributed by atoms with van der Waals surface area (Å²) in [5.74, 6) is -0.0633. The van der Waals surface area contributed by atoms with Crippen molar-refractivity contribution < 1.29 is 4.79 Å². The van der Waals surface area contributed by atoms with Crippen LogP contribution in [0.1, 0.15) is 34.6 Å². The van der Waals surface area contributed by atoms with Crippen LogP contribution in [-0.4, -0.2) is 5.78 Å². The van der Waals surface area contributed by atoms with Gasteiger partial charge in [0.25, 0.3) is 0 Å². The van der Waals surface area contributed by atoms with E-state index in [1.807, 2.05) is 27.7 Å². The topological polar surface area (TPSA) is 17.1 Å². The minimum Gasteiger partial charge on any atom is -0.294 e. The zero-order valence-corrected chi connectivity index (χ0v) is 8.04. The van der Waals surface area contributed by atoms with Gasteiger partial charge in [-0.1, -0.05) is 31.0 Å². The molecule has 2 heteroatoms. The molecule has 0 saturated carbocycles. The van der Waals surface area contributed by atoms with Crippen molar-refractivity contribution in [3.8, 4) is 0 Å². The summed E-state index contributed by atoms with van der Waals surface area (Å²) in [4.78, 5) is 10.4. The Balaban J connectivity index is 0. The average molecular weight is 163 g/mol. The molecule has 0 spiro atoms. The Hall–Kier alpha value is -0.300. The maximum absolute atomic E-state index is 10.4. The summed E-state index contributed by atoms with van der Waals surface area (Å²) in [5, 5.41) is 0.352. The van der Waals surface area contributed by atoms with E-state index in [9.17, 15) is 4.79 Å². The third-order valence-corrected chi connectivity index (χ3v) is 1.39. The number of hydrogen-bond donors (Lipinski definition) is 0. The molecular weight excluding hydrogens is 148 g/mol. The smallest absolute Gasteiger partial charge is 0.171 e. The molecule has 0 aliphatic rings. The van der Waals surface area contributed by atoms with Crippen LogP contribution in [0, 0.1) is 0 Å². The van der Waals surface area contributed by atoms with Crippen molar-refractivity contribution in [1.29, 1.82) is 0 Å². The lowest BCUT2D eigenvalue weighted by Crippen LogP contribution is -1.89. The summed E-state index contributed by atoms with van der Waals surface area (Å²) < 4.78 is 0. The molecule has 0 aromatic heterocycles. The fourth-order valence-corrected chi connectivity index (χ4v) is 0.352. The molecule has 0 heterocycles. The molecule has 0 N–H and O–H groups in total. The SMILES string of the molecule is CC.CC(=O)C(Cl)=C(C)C. The van der Waals surface area contributed by atoms with Crippen molar-refractivity contribution in [1.82, 2.24) is 0 Å². The maximum Gasteiger partial charge on any atom is 0.171 e. The zero-order valence-electron chi connectivity index (χ0n) is 7.29. The third kappa shape index (κ3) is 5.83. The fraction of sp³-hybridized carbons (Fsp3) is 0.625. The van der Waals surface area contributed by atoms with E-state index in [4.69, 9.17) is 11.6 Å². The summed E-state index contributed by atoms with van der Waals surface area (Å²) in [6.07, 6.45) is 0. The van der Waals surface area contributed by atoms with Gasteiger partial charge in [0.15, 0.2) is 5.78 Å². The molecule has 0 aromatic carbocycles. The standard InChI is InChI=1S/C6H9ClO.C2H6/c1-4(2)6(7)5(3)8;1-2/h1-3H3;1-2H3. The second-order valence-electron chi connectivity index (χ2n) is 1.87. The summed E-state index contributed by atoms with van der Waals surface area (Å²) in [5.41, 5.74) is 0.874. The Kier molecular flexibility index (Phi) is 8.44. The first kappa shape index (κ1) is 12.4. The number of carbonyl (C=O) groups excluding carboxylic acids is 1. The minimum atomic E-state index is -0.0633. The maximum atomic E-state index is 10.4. The van der Waals surface area contributed by atoms with Crippen molar-refractivity contribution in [2.75, 3.05) is 0 Å². The number of carbonyl (C=O) groups is 1. The van der Waals surface area contributed by atoms with Crippen LogP contribution in [0.2, 0.25) is 0 Å². The van der Waals surface area contributed by atoms with Crippen molar-refractivity contribution in [2.24, 2.45) is 0 Å². The lowest BCUT2D eigenvalue weighted by atomic mass is 10.3. The van der Waals surface area contributed by atoms with E-state index in [0.29, 0.717) is 5.03 Å². The monoisotopic (exact) mass is 162 g/mol. The van der Waals surface area contributed by atoms with Crippen LogP contribution >= 0.6 is 11.6 Å². The first-order valence-corrected chi connectivity index (χ1v) is 3.77. The van der Waals surface area contributed by atoms with Gasteiger partial charge in [0.1, 0.15) is 0 Å². The molecule has 0 fully saturated rings. The Labute approximate surface area is 68.1 Å². The zero-order chi connectivity index (χ0) is 8.73. The number of halogens is 1. The number of Topliss-reactive ketones (excluding diaryl/α,β-unsaturated/α-hetero) is 1. The summed E-state index contributed by atoms with van der Waals surface area (Å²) in [6.45, 7) is 9.07.